The Labute approximate surface area is 152 Å². The molecule has 0 unspecified atom stereocenters. The molecule has 2 aromatic carbocycles. The highest BCUT2D eigenvalue weighted by Gasteiger charge is 2.15. The molecule has 0 saturated heterocycles. The van der Waals surface area contributed by atoms with Gasteiger partial charge in [-0.15, -0.1) is 0 Å². The summed E-state index contributed by atoms with van der Waals surface area (Å²) in [6.07, 6.45) is 0.441. The van der Waals surface area contributed by atoms with E-state index in [1.54, 1.807) is 25.1 Å². The van der Waals surface area contributed by atoms with Crippen LogP contribution >= 0.6 is 0 Å². The summed E-state index contributed by atoms with van der Waals surface area (Å²) in [7, 11) is 0. The number of rotatable bonds is 6. The zero-order valence-corrected chi connectivity index (χ0v) is 14.4. The Morgan fingerprint density at radius 3 is 2.42 bits per heavy atom. The normalized spacial score (nSPS) is 9.69. The predicted molar refractivity (Wildman–Crippen MR) is 98.3 cm³/mol. The number of urea groups is 1. The third-order valence-corrected chi connectivity index (χ3v) is 3.76. The fourth-order valence-corrected chi connectivity index (χ4v) is 2.40. The van der Waals surface area contributed by atoms with Crippen LogP contribution in [0.3, 0.4) is 0 Å². The molecule has 0 aliphatic carbocycles. The molecule has 0 atom stereocenters. The number of benzene rings is 2. The molecule has 0 aromatic heterocycles. The van der Waals surface area contributed by atoms with Crippen molar-refractivity contribution in [1.82, 2.24) is 5.43 Å². The molecule has 0 aliphatic heterocycles. The number of aryl methyl sites for hydroxylation is 1. The molecule has 0 radical (unpaired) electrons. The molecule has 132 valence electrons. The number of carbonyl (C=O) groups excluding carboxylic acids is 1. The minimum atomic E-state index is -0.396. The van der Waals surface area contributed by atoms with E-state index in [1.165, 1.54) is 11.0 Å². The predicted octanol–water partition coefficient (Wildman–Crippen LogP) is 2.66. The van der Waals surface area contributed by atoms with Crippen molar-refractivity contribution in [3.05, 3.63) is 59.2 Å². The van der Waals surface area contributed by atoms with Gasteiger partial charge in [-0.1, -0.05) is 18.2 Å². The third-order valence-electron chi connectivity index (χ3n) is 3.76. The molecule has 2 amide bonds. The van der Waals surface area contributed by atoms with Gasteiger partial charge >= 0.3 is 6.03 Å². The van der Waals surface area contributed by atoms with Crippen molar-refractivity contribution < 1.29 is 9.90 Å². The quantitative estimate of drug-likeness (QED) is 0.694. The number of anilines is 2. The van der Waals surface area contributed by atoms with Crippen LogP contribution < -0.4 is 15.8 Å². The molecule has 7 nitrogen and oxygen atoms in total. The number of hydrazine groups is 1. The van der Waals surface area contributed by atoms with Crippen molar-refractivity contribution in [2.75, 3.05) is 23.5 Å². The topological polar surface area (TPSA) is 112 Å². The first-order chi connectivity index (χ1) is 12.6. The minimum Gasteiger partial charge on any atom is -0.396 e. The number of hydrogen-bond acceptors (Lipinski definition) is 5. The van der Waals surface area contributed by atoms with Gasteiger partial charge in [0.05, 0.1) is 16.8 Å². The Morgan fingerprint density at radius 1 is 1.15 bits per heavy atom. The molecule has 0 spiro atoms. The van der Waals surface area contributed by atoms with Crippen LogP contribution in [0, 0.1) is 29.6 Å². The fraction of sp³-hybridized carbons (Fsp3) is 0.211. The van der Waals surface area contributed by atoms with Crippen molar-refractivity contribution in [2.24, 2.45) is 0 Å². The lowest BCUT2D eigenvalue weighted by molar-refractivity contribution is 0.246. The third kappa shape index (κ3) is 4.50. The maximum atomic E-state index is 12.6. The van der Waals surface area contributed by atoms with Crippen LogP contribution in [0.5, 0.6) is 0 Å². The average Bonchev–Trinajstić information content (AvgIpc) is 2.67. The van der Waals surface area contributed by atoms with Crippen LogP contribution in [0.2, 0.25) is 0 Å². The Balaban J connectivity index is 2.15. The maximum absolute atomic E-state index is 12.6. The minimum absolute atomic E-state index is 0.0235. The lowest BCUT2D eigenvalue weighted by Gasteiger charge is -2.23. The molecule has 7 heteroatoms. The van der Waals surface area contributed by atoms with Crippen molar-refractivity contribution in [3.8, 4) is 12.1 Å². The summed E-state index contributed by atoms with van der Waals surface area (Å²) in [5.41, 5.74) is 7.88. The zero-order chi connectivity index (χ0) is 18.9. The number of para-hydroxylation sites is 1. The van der Waals surface area contributed by atoms with Gasteiger partial charge in [0.25, 0.3) is 0 Å². The summed E-state index contributed by atoms with van der Waals surface area (Å²) in [6.45, 7) is 2.10. The summed E-state index contributed by atoms with van der Waals surface area (Å²) in [5.74, 6) is 0. The van der Waals surface area contributed by atoms with Crippen molar-refractivity contribution in [2.45, 2.75) is 13.3 Å². The average molecular weight is 349 g/mol. The summed E-state index contributed by atoms with van der Waals surface area (Å²) < 4.78 is 0. The van der Waals surface area contributed by atoms with Gasteiger partial charge in [-0.2, -0.15) is 10.5 Å². The summed E-state index contributed by atoms with van der Waals surface area (Å²) >= 11 is 0. The number of aliphatic hydroxyl groups is 1. The van der Waals surface area contributed by atoms with E-state index < -0.39 is 6.03 Å². The molecule has 0 saturated carbocycles. The van der Waals surface area contributed by atoms with Crippen molar-refractivity contribution in [3.63, 3.8) is 0 Å². The van der Waals surface area contributed by atoms with E-state index in [0.717, 1.165) is 5.56 Å². The van der Waals surface area contributed by atoms with Gasteiger partial charge in [-0.25, -0.2) is 4.79 Å². The Morgan fingerprint density at radius 2 is 1.81 bits per heavy atom. The molecule has 0 aliphatic rings. The van der Waals surface area contributed by atoms with Gasteiger partial charge in [0.2, 0.25) is 0 Å². The fourth-order valence-electron chi connectivity index (χ4n) is 2.40. The lowest BCUT2D eigenvalue weighted by atomic mass is 10.0. The lowest BCUT2D eigenvalue weighted by Crippen LogP contribution is -2.43. The summed E-state index contributed by atoms with van der Waals surface area (Å²) in [4.78, 5) is 14.1. The highest BCUT2D eigenvalue weighted by atomic mass is 16.3. The van der Waals surface area contributed by atoms with E-state index in [4.69, 9.17) is 15.6 Å². The van der Waals surface area contributed by atoms with Crippen LogP contribution in [0.15, 0.2) is 42.5 Å². The van der Waals surface area contributed by atoms with Crippen LogP contribution in [0.25, 0.3) is 0 Å². The van der Waals surface area contributed by atoms with Crippen LogP contribution in [-0.4, -0.2) is 24.3 Å². The zero-order valence-electron chi connectivity index (χ0n) is 14.4. The highest BCUT2D eigenvalue weighted by Crippen LogP contribution is 2.20. The smallest absolute Gasteiger partial charge is 0.340 e. The molecule has 26 heavy (non-hydrogen) atoms. The van der Waals surface area contributed by atoms with E-state index >= 15 is 0 Å². The van der Waals surface area contributed by atoms with Gasteiger partial charge in [0.1, 0.15) is 12.1 Å². The summed E-state index contributed by atoms with van der Waals surface area (Å²) in [6, 6.07) is 15.8. The Kier molecular flexibility index (Phi) is 6.55. The standard InChI is InChI=1S/C19H19N5O2/c1-14-10-15(12-20)16(13-21)11-18(14)22-23-19(26)24(8-5-9-25)17-6-3-2-4-7-17/h2-4,6-7,10-11,22,25H,5,8-9H2,1H3,(H,23,26). The van der Waals surface area contributed by atoms with E-state index in [2.05, 4.69) is 10.9 Å². The number of amides is 2. The largest absolute Gasteiger partial charge is 0.396 e. The molecule has 3 N–H and O–H groups in total. The molecule has 0 bridgehead atoms. The number of nitrogens with zero attached hydrogens (tertiary/aromatic N) is 3. The van der Waals surface area contributed by atoms with Crippen LogP contribution in [0.4, 0.5) is 16.2 Å². The van der Waals surface area contributed by atoms with E-state index in [9.17, 15) is 4.79 Å². The maximum Gasteiger partial charge on any atom is 0.340 e. The molecule has 0 heterocycles. The van der Waals surface area contributed by atoms with Crippen LogP contribution in [0.1, 0.15) is 23.1 Å². The van der Waals surface area contributed by atoms with Crippen molar-refractivity contribution >= 4 is 17.4 Å². The molecule has 2 aromatic rings. The SMILES string of the molecule is Cc1cc(C#N)c(C#N)cc1NNC(=O)N(CCCO)c1ccccc1. The second kappa shape index (κ2) is 9.07. The van der Waals surface area contributed by atoms with Gasteiger partial charge < -0.3 is 5.11 Å². The molecular formula is C19H19N5O2. The first-order valence-electron chi connectivity index (χ1n) is 8.05. The number of hydrogen-bond donors (Lipinski definition) is 3. The van der Waals surface area contributed by atoms with Gasteiger partial charge in [-0.3, -0.25) is 15.8 Å². The van der Waals surface area contributed by atoms with Gasteiger partial charge in [0, 0.05) is 18.8 Å². The molecular weight excluding hydrogens is 330 g/mol. The summed E-state index contributed by atoms with van der Waals surface area (Å²) in [5, 5.41) is 27.2. The molecule has 2 rings (SSSR count). The van der Waals surface area contributed by atoms with Gasteiger partial charge in [-0.05, 0) is 43.2 Å². The monoisotopic (exact) mass is 349 g/mol. The first-order valence-corrected chi connectivity index (χ1v) is 8.05. The van der Waals surface area contributed by atoms with E-state index in [-0.39, 0.29) is 17.7 Å². The number of aliphatic hydroxyl groups excluding tert-OH is 1. The number of carbonyl (C=O) groups is 1. The van der Waals surface area contributed by atoms with E-state index in [1.807, 2.05) is 30.3 Å². The Hall–Kier alpha value is -3.55. The Bertz CT molecular complexity index is 853. The number of nitriles is 2. The highest BCUT2D eigenvalue weighted by molar-refractivity contribution is 5.92. The van der Waals surface area contributed by atoms with Crippen LogP contribution in [-0.2, 0) is 0 Å². The number of nitrogens with one attached hydrogen (secondary N) is 2. The van der Waals surface area contributed by atoms with Gasteiger partial charge in [0.15, 0.2) is 0 Å². The molecule has 0 fully saturated rings. The second-order valence-corrected chi connectivity index (χ2v) is 5.56. The van der Waals surface area contributed by atoms with Crippen molar-refractivity contribution in [1.29, 1.82) is 10.5 Å². The first kappa shape index (κ1) is 18.8. The van der Waals surface area contributed by atoms with E-state index in [0.29, 0.717) is 24.3 Å². The second-order valence-electron chi connectivity index (χ2n) is 5.56.